The average molecular weight is 142 g/mol. The van der Waals surface area contributed by atoms with Crippen molar-refractivity contribution in [3.05, 3.63) is 0 Å². The molecule has 1 fully saturated rings. The lowest BCUT2D eigenvalue weighted by molar-refractivity contribution is 0.122. The van der Waals surface area contributed by atoms with Crippen molar-refractivity contribution in [3.63, 3.8) is 0 Å². The Labute approximate surface area is 63.4 Å². The average Bonchev–Trinajstić information content (AvgIpc) is 1.88. The van der Waals surface area contributed by atoms with Crippen LogP contribution in [-0.2, 0) is 0 Å². The van der Waals surface area contributed by atoms with E-state index in [1.807, 2.05) is 0 Å². The highest BCUT2D eigenvalue weighted by Crippen LogP contribution is 2.32. The quantitative estimate of drug-likeness (QED) is 0.594. The van der Waals surface area contributed by atoms with Gasteiger partial charge in [0.15, 0.2) is 0 Å². The van der Waals surface area contributed by atoms with E-state index in [0.29, 0.717) is 12.5 Å². The summed E-state index contributed by atoms with van der Waals surface area (Å²) in [5.41, 5.74) is 0. The van der Waals surface area contributed by atoms with Crippen molar-refractivity contribution in [2.24, 2.45) is 17.8 Å². The molecule has 0 saturated heterocycles. The van der Waals surface area contributed by atoms with E-state index in [4.69, 9.17) is 5.11 Å². The van der Waals surface area contributed by atoms with Crippen LogP contribution < -0.4 is 0 Å². The molecule has 0 spiro atoms. The van der Waals surface area contributed by atoms with Gasteiger partial charge in [-0.15, -0.1) is 0 Å². The van der Waals surface area contributed by atoms with E-state index in [1.54, 1.807) is 0 Å². The molecule has 3 atom stereocenters. The monoisotopic (exact) mass is 142 g/mol. The molecular formula is C9H18O. The fourth-order valence-electron chi connectivity index (χ4n) is 2.00. The van der Waals surface area contributed by atoms with Gasteiger partial charge in [-0.3, -0.25) is 0 Å². The second-order valence-electron chi connectivity index (χ2n) is 3.84. The predicted molar refractivity (Wildman–Crippen MR) is 42.8 cm³/mol. The van der Waals surface area contributed by atoms with E-state index >= 15 is 0 Å². The Morgan fingerprint density at radius 1 is 1.30 bits per heavy atom. The van der Waals surface area contributed by atoms with Gasteiger partial charge < -0.3 is 5.11 Å². The van der Waals surface area contributed by atoms with Crippen LogP contribution in [0, 0.1) is 17.8 Å². The maximum absolute atomic E-state index is 8.95. The zero-order chi connectivity index (χ0) is 7.56. The van der Waals surface area contributed by atoms with Crippen LogP contribution in [0.5, 0.6) is 0 Å². The Kier molecular flexibility index (Phi) is 2.72. The highest BCUT2D eigenvalue weighted by atomic mass is 16.3. The molecule has 0 radical (unpaired) electrons. The van der Waals surface area contributed by atoms with E-state index in [2.05, 4.69) is 13.8 Å². The Morgan fingerprint density at radius 2 is 2.00 bits per heavy atom. The van der Waals surface area contributed by atoms with Gasteiger partial charge in [-0.2, -0.15) is 0 Å². The van der Waals surface area contributed by atoms with Gasteiger partial charge in [0.25, 0.3) is 0 Å². The molecule has 0 aliphatic heterocycles. The van der Waals surface area contributed by atoms with Crippen molar-refractivity contribution in [3.8, 4) is 0 Å². The highest BCUT2D eigenvalue weighted by molar-refractivity contribution is 4.74. The molecule has 1 heteroatoms. The lowest BCUT2D eigenvalue weighted by Gasteiger charge is -2.31. The molecule has 0 unspecified atom stereocenters. The molecule has 1 rings (SSSR count). The van der Waals surface area contributed by atoms with E-state index < -0.39 is 0 Å². The number of hydrogen-bond donors (Lipinski definition) is 1. The van der Waals surface area contributed by atoms with E-state index in [0.717, 1.165) is 11.8 Å². The molecule has 1 N–H and O–H groups in total. The van der Waals surface area contributed by atoms with E-state index in [-0.39, 0.29) is 0 Å². The molecule has 60 valence electrons. The van der Waals surface area contributed by atoms with Crippen molar-refractivity contribution < 1.29 is 5.11 Å². The fraction of sp³-hybridized carbons (Fsp3) is 1.00. The van der Waals surface area contributed by atoms with Crippen LogP contribution in [0.3, 0.4) is 0 Å². The molecule has 0 bridgehead atoms. The van der Waals surface area contributed by atoms with Crippen molar-refractivity contribution in [1.29, 1.82) is 0 Å². The van der Waals surface area contributed by atoms with Gasteiger partial charge in [0.05, 0.1) is 0 Å². The van der Waals surface area contributed by atoms with Gasteiger partial charge in [0.2, 0.25) is 0 Å². The number of aliphatic hydroxyl groups is 1. The topological polar surface area (TPSA) is 20.2 Å². The molecular weight excluding hydrogens is 124 g/mol. The van der Waals surface area contributed by atoms with Gasteiger partial charge in [-0.05, 0) is 30.6 Å². The number of rotatable bonds is 1. The third-order valence-corrected chi connectivity index (χ3v) is 2.84. The number of hydrogen-bond acceptors (Lipinski definition) is 1. The summed E-state index contributed by atoms with van der Waals surface area (Å²) in [7, 11) is 0. The van der Waals surface area contributed by atoms with Crippen LogP contribution >= 0.6 is 0 Å². The summed E-state index contributed by atoms with van der Waals surface area (Å²) in [5.74, 6) is 2.22. The van der Waals surface area contributed by atoms with Crippen molar-refractivity contribution in [2.45, 2.75) is 33.1 Å². The molecule has 0 amide bonds. The van der Waals surface area contributed by atoms with Crippen LogP contribution in [-0.4, -0.2) is 11.7 Å². The van der Waals surface area contributed by atoms with Crippen molar-refractivity contribution >= 4 is 0 Å². The number of aliphatic hydroxyl groups excluding tert-OH is 1. The summed E-state index contributed by atoms with van der Waals surface area (Å²) >= 11 is 0. The molecule has 1 aliphatic carbocycles. The molecule has 1 nitrogen and oxygen atoms in total. The van der Waals surface area contributed by atoms with Gasteiger partial charge in [-0.25, -0.2) is 0 Å². The first-order valence-electron chi connectivity index (χ1n) is 4.35. The molecule has 0 aromatic carbocycles. The Morgan fingerprint density at radius 3 is 2.50 bits per heavy atom. The van der Waals surface area contributed by atoms with Crippen LogP contribution in [0.1, 0.15) is 33.1 Å². The normalized spacial score (nSPS) is 41.7. The van der Waals surface area contributed by atoms with Gasteiger partial charge in [0, 0.05) is 6.61 Å². The van der Waals surface area contributed by atoms with Gasteiger partial charge in [-0.1, -0.05) is 20.3 Å². The largest absolute Gasteiger partial charge is 0.396 e. The minimum atomic E-state index is 0.397. The highest BCUT2D eigenvalue weighted by Gasteiger charge is 2.23. The summed E-state index contributed by atoms with van der Waals surface area (Å²) in [4.78, 5) is 0. The Hall–Kier alpha value is -0.0400. The standard InChI is InChI=1S/C9H18O/c1-7-3-4-9(6-10)8(2)5-7/h7-10H,3-6H2,1-2H3/t7-,8-,9+/m1/s1. The smallest absolute Gasteiger partial charge is 0.0461 e. The minimum Gasteiger partial charge on any atom is -0.396 e. The van der Waals surface area contributed by atoms with Crippen LogP contribution in [0.25, 0.3) is 0 Å². The fourth-order valence-corrected chi connectivity index (χ4v) is 2.00. The molecule has 1 aliphatic rings. The van der Waals surface area contributed by atoms with E-state index in [9.17, 15) is 0 Å². The Balaban J connectivity index is 2.36. The summed E-state index contributed by atoms with van der Waals surface area (Å²) < 4.78 is 0. The zero-order valence-corrected chi connectivity index (χ0v) is 7.01. The lowest BCUT2D eigenvalue weighted by Crippen LogP contribution is -2.23. The summed E-state index contributed by atoms with van der Waals surface area (Å²) in [5, 5.41) is 8.95. The second kappa shape index (κ2) is 3.38. The molecule has 0 heterocycles. The SMILES string of the molecule is C[C@@H]1CC[C@@H](CO)[C@H](C)C1. The molecule has 0 aromatic rings. The lowest BCUT2D eigenvalue weighted by atomic mass is 9.76. The first kappa shape index (κ1) is 8.06. The molecule has 10 heavy (non-hydrogen) atoms. The van der Waals surface area contributed by atoms with Crippen LogP contribution in [0.2, 0.25) is 0 Å². The third-order valence-electron chi connectivity index (χ3n) is 2.84. The first-order chi connectivity index (χ1) is 4.74. The van der Waals surface area contributed by atoms with Crippen LogP contribution in [0.15, 0.2) is 0 Å². The van der Waals surface area contributed by atoms with Gasteiger partial charge in [0.1, 0.15) is 0 Å². The second-order valence-corrected chi connectivity index (χ2v) is 3.84. The zero-order valence-electron chi connectivity index (χ0n) is 7.01. The predicted octanol–water partition coefficient (Wildman–Crippen LogP) is 2.05. The summed E-state index contributed by atoms with van der Waals surface area (Å²) in [6, 6.07) is 0. The molecule has 1 saturated carbocycles. The Bertz CT molecular complexity index is 101. The summed E-state index contributed by atoms with van der Waals surface area (Å²) in [6.07, 6.45) is 3.86. The van der Waals surface area contributed by atoms with Crippen LogP contribution in [0.4, 0.5) is 0 Å². The van der Waals surface area contributed by atoms with E-state index in [1.165, 1.54) is 19.3 Å². The van der Waals surface area contributed by atoms with Crippen molar-refractivity contribution in [2.75, 3.05) is 6.61 Å². The maximum atomic E-state index is 8.95. The summed E-state index contributed by atoms with van der Waals surface area (Å²) in [6.45, 7) is 4.97. The van der Waals surface area contributed by atoms with Crippen molar-refractivity contribution in [1.82, 2.24) is 0 Å². The molecule has 0 aromatic heterocycles. The third kappa shape index (κ3) is 1.72. The minimum absolute atomic E-state index is 0.397. The van der Waals surface area contributed by atoms with Gasteiger partial charge >= 0.3 is 0 Å². The maximum Gasteiger partial charge on any atom is 0.0461 e. The first-order valence-corrected chi connectivity index (χ1v) is 4.35.